The van der Waals surface area contributed by atoms with Crippen LogP contribution in [0.25, 0.3) is 0 Å². The highest BCUT2D eigenvalue weighted by Crippen LogP contribution is 2.37. The lowest BCUT2D eigenvalue weighted by Crippen LogP contribution is -2.62. The van der Waals surface area contributed by atoms with Gasteiger partial charge in [-0.3, -0.25) is 9.69 Å². The maximum absolute atomic E-state index is 10.8. The molecule has 1 N–H and O–H groups in total. The molecule has 2 heterocycles. The Kier molecular flexibility index (Phi) is 1.16. The van der Waals surface area contributed by atoms with Gasteiger partial charge in [-0.25, -0.2) is 0 Å². The molecule has 2 saturated heterocycles. The van der Waals surface area contributed by atoms with Crippen molar-refractivity contribution in [2.75, 3.05) is 13.1 Å². The van der Waals surface area contributed by atoms with E-state index in [2.05, 4.69) is 10.2 Å². The number of amides is 1. The van der Waals surface area contributed by atoms with Crippen LogP contribution in [0.5, 0.6) is 0 Å². The van der Waals surface area contributed by atoms with Gasteiger partial charge in [-0.15, -0.1) is 0 Å². The highest BCUT2D eigenvalue weighted by molar-refractivity contribution is 5.85. The first-order valence-electron chi connectivity index (χ1n) is 4.83. The lowest BCUT2D eigenvalue weighted by atomic mass is 9.86. The van der Waals surface area contributed by atoms with Crippen molar-refractivity contribution >= 4 is 5.91 Å². The van der Waals surface area contributed by atoms with E-state index < -0.39 is 0 Å². The molecule has 0 unspecified atom stereocenters. The number of carbonyl (C=O) groups excluding carboxylic acids is 1. The summed E-state index contributed by atoms with van der Waals surface area (Å²) in [6.45, 7) is 2.31. The van der Waals surface area contributed by atoms with Crippen molar-refractivity contribution in [3.8, 4) is 0 Å². The predicted octanol–water partition coefficient (Wildman–Crippen LogP) is 0.113. The smallest absolute Gasteiger partial charge is 0.222 e. The molecule has 1 saturated carbocycles. The van der Waals surface area contributed by atoms with Crippen LogP contribution in [0.4, 0.5) is 0 Å². The highest BCUT2D eigenvalue weighted by Gasteiger charge is 2.50. The zero-order chi connectivity index (χ0) is 8.18. The summed E-state index contributed by atoms with van der Waals surface area (Å²) < 4.78 is 0. The van der Waals surface area contributed by atoms with Gasteiger partial charge in [0.1, 0.15) is 0 Å². The molecule has 3 rings (SSSR count). The van der Waals surface area contributed by atoms with Crippen LogP contribution in [0.3, 0.4) is 0 Å². The molecule has 0 aromatic rings. The van der Waals surface area contributed by atoms with Gasteiger partial charge < -0.3 is 5.32 Å². The molecule has 3 heteroatoms. The monoisotopic (exact) mass is 166 g/mol. The summed E-state index contributed by atoms with van der Waals surface area (Å²) in [5.74, 6) is 0.243. The summed E-state index contributed by atoms with van der Waals surface area (Å²) >= 11 is 0. The fourth-order valence-corrected chi connectivity index (χ4v) is 2.49. The summed E-state index contributed by atoms with van der Waals surface area (Å²) in [6, 6.07) is 0.863. The molecule has 3 fully saturated rings. The van der Waals surface area contributed by atoms with Gasteiger partial charge in [0.2, 0.25) is 5.91 Å². The minimum Gasteiger partial charge on any atom is -0.349 e. The molecular formula is C9H14N2O. The fourth-order valence-electron chi connectivity index (χ4n) is 2.49. The Balaban J connectivity index is 1.66. The number of nitrogens with one attached hydrogen (secondary N) is 1. The summed E-state index contributed by atoms with van der Waals surface area (Å²) in [7, 11) is 0. The third-order valence-electron chi connectivity index (χ3n) is 3.35. The number of β-lactam (4-membered cyclic amide) rings is 1. The van der Waals surface area contributed by atoms with Gasteiger partial charge in [0, 0.05) is 19.1 Å². The van der Waals surface area contributed by atoms with Crippen molar-refractivity contribution in [1.29, 1.82) is 0 Å². The first-order chi connectivity index (χ1) is 5.77. The topological polar surface area (TPSA) is 32.3 Å². The van der Waals surface area contributed by atoms with E-state index in [0.29, 0.717) is 0 Å². The summed E-state index contributed by atoms with van der Waals surface area (Å²) in [5.41, 5.74) is 0.208. The normalized spacial score (nSPS) is 41.5. The van der Waals surface area contributed by atoms with Crippen LogP contribution in [0.2, 0.25) is 0 Å². The SMILES string of the molecule is O=C1C[C@@]2(CCN(C3CC3)C2)N1. The first-order valence-corrected chi connectivity index (χ1v) is 4.83. The van der Waals surface area contributed by atoms with Gasteiger partial charge in [0.05, 0.1) is 12.0 Å². The first kappa shape index (κ1) is 6.89. The van der Waals surface area contributed by atoms with Crippen LogP contribution in [-0.2, 0) is 4.79 Å². The zero-order valence-electron chi connectivity index (χ0n) is 7.18. The third kappa shape index (κ3) is 0.891. The Morgan fingerprint density at radius 1 is 1.50 bits per heavy atom. The Hall–Kier alpha value is -0.570. The van der Waals surface area contributed by atoms with Gasteiger partial charge in [0.25, 0.3) is 0 Å². The van der Waals surface area contributed by atoms with Crippen LogP contribution in [-0.4, -0.2) is 35.5 Å². The van der Waals surface area contributed by atoms with E-state index in [1.807, 2.05) is 0 Å². The molecule has 0 radical (unpaired) electrons. The molecule has 2 aliphatic heterocycles. The van der Waals surface area contributed by atoms with Gasteiger partial charge in [-0.1, -0.05) is 0 Å². The second kappa shape index (κ2) is 2.02. The maximum atomic E-state index is 10.8. The summed E-state index contributed by atoms with van der Waals surface area (Å²) in [6.07, 6.45) is 4.71. The van der Waals surface area contributed by atoms with Crippen LogP contribution >= 0.6 is 0 Å². The van der Waals surface area contributed by atoms with Crippen molar-refractivity contribution in [2.24, 2.45) is 0 Å². The summed E-state index contributed by atoms with van der Waals surface area (Å²) in [5, 5.41) is 3.05. The molecule has 0 aromatic carbocycles. The second-order valence-electron chi connectivity index (χ2n) is 4.46. The molecule has 0 bridgehead atoms. The quantitative estimate of drug-likeness (QED) is 0.561. The molecule has 1 spiro atoms. The van der Waals surface area contributed by atoms with Gasteiger partial charge in [0.15, 0.2) is 0 Å². The lowest BCUT2D eigenvalue weighted by molar-refractivity contribution is -0.132. The Morgan fingerprint density at radius 3 is 2.83 bits per heavy atom. The van der Waals surface area contributed by atoms with Crippen molar-refractivity contribution in [1.82, 2.24) is 10.2 Å². The Bertz CT molecular complexity index is 227. The van der Waals surface area contributed by atoms with Crippen molar-refractivity contribution in [3.05, 3.63) is 0 Å². The van der Waals surface area contributed by atoms with Crippen molar-refractivity contribution < 1.29 is 4.79 Å². The van der Waals surface area contributed by atoms with Crippen LogP contribution in [0.1, 0.15) is 25.7 Å². The Morgan fingerprint density at radius 2 is 2.25 bits per heavy atom. The van der Waals surface area contributed by atoms with E-state index in [1.165, 1.54) is 25.8 Å². The number of hydrogen-bond acceptors (Lipinski definition) is 2. The average molecular weight is 166 g/mol. The largest absolute Gasteiger partial charge is 0.349 e. The number of likely N-dealkylation sites (tertiary alicyclic amines) is 1. The summed E-state index contributed by atoms with van der Waals surface area (Å²) in [4.78, 5) is 13.4. The molecule has 3 aliphatic rings. The lowest BCUT2D eigenvalue weighted by Gasteiger charge is -2.38. The Labute approximate surface area is 72.1 Å². The number of carbonyl (C=O) groups is 1. The van der Waals surface area contributed by atoms with Gasteiger partial charge >= 0.3 is 0 Å². The van der Waals surface area contributed by atoms with E-state index in [4.69, 9.17) is 0 Å². The molecule has 3 nitrogen and oxygen atoms in total. The maximum Gasteiger partial charge on any atom is 0.222 e. The van der Waals surface area contributed by atoms with E-state index in [9.17, 15) is 4.79 Å². The van der Waals surface area contributed by atoms with Gasteiger partial charge in [-0.05, 0) is 19.3 Å². The van der Waals surface area contributed by atoms with E-state index in [0.717, 1.165) is 19.0 Å². The third-order valence-corrected chi connectivity index (χ3v) is 3.35. The van der Waals surface area contributed by atoms with E-state index >= 15 is 0 Å². The van der Waals surface area contributed by atoms with Crippen LogP contribution < -0.4 is 5.32 Å². The minimum atomic E-state index is 0.208. The molecule has 12 heavy (non-hydrogen) atoms. The van der Waals surface area contributed by atoms with Crippen LogP contribution in [0.15, 0.2) is 0 Å². The minimum absolute atomic E-state index is 0.208. The molecule has 1 atom stereocenters. The fraction of sp³-hybridized carbons (Fsp3) is 0.889. The van der Waals surface area contributed by atoms with Crippen LogP contribution in [0, 0.1) is 0 Å². The zero-order valence-corrected chi connectivity index (χ0v) is 7.18. The second-order valence-corrected chi connectivity index (χ2v) is 4.46. The molecule has 0 aromatic heterocycles. The number of rotatable bonds is 1. The van der Waals surface area contributed by atoms with E-state index in [1.54, 1.807) is 0 Å². The predicted molar refractivity (Wildman–Crippen MR) is 44.7 cm³/mol. The molecule has 1 amide bonds. The number of hydrogen-bond donors (Lipinski definition) is 1. The molecule has 1 aliphatic carbocycles. The van der Waals surface area contributed by atoms with Crippen molar-refractivity contribution in [3.63, 3.8) is 0 Å². The van der Waals surface area contributed by atoms with Gasteiger partial charge in [-0.2, -0.15) is 0 Å². The van der Waals surface area contributed by atoms with Crippen molar-refractivity contribution in [2.45, 2.75) is 37.3 Å². The standard InChI is InChI=1S/C9H14N2O/c12-8-5-9(10-8)3-4-11(6-9)7-1-2-7/h7H,1-6H2,(H,10,12)/t9-/m1/s1. The number of nitrogens with zero attached hydrogens (tertiary/aromatic N) is 1. The molecular weight excluding hydrogens is 152 g/mol. The average Bonchev–Trinajstić information content (AvgIpc) is 2.73. The molecule has 66 valence electrons. The highest BCUT2D eigenvalue weighted by atomic mass is 16.2. The van der Waals surface area contributed by atoms with E-state index in [-0.39, 0.29) is 11.4 Å².